The molecule has 1 heterocycles. The number of ether oxygens (including phenoxy) is 1. The summed E-state index contributed by atoms with van der Waals surface area (Å²) < 4.78 is 56.3. The molecule has 1 saturated heterocycles. The molecule has 0 spiro atoms. The van der Waals surface area contributed by atoms with Crippen LogP contribution in [0, 0.1) is 5.92 Å². The van der Waals surface area contributed by atoms with Crippen molar-refractivity contribution in [3.8, 4) is 5.75 Å². The summed E-state index contributed by atoms with van der Waals surface area (Å²) >= 11 is 0. The van der Waals surface area contributed by atoms with Crippen LogP contribution in [0.25, 0.3) is 0 Å². The molecule has 0 unspecified atom stereocenters. The molecule has 0 atom stereocenters. The van der Waals surface area contributed by atoms with E-state index in [2.05, 4.69) is 5.32 Å². The van der Waals surface area contributed by atoms with Gasteiger partial charge in [-0.3, -0.25) is 4.79 Å². The molecule has 0 saturated carbocycles. The first kappa shape index (κ1) is 24.2. The van der Waals surface area contributed by atoms with E-state index in [1.54, 1.807) is 31.2 Å². The Bertz CT molecular complexity index is 1140. The van der Waals surface area contributed by atoms with Crippen molar-refractivity contribution in [1.29, 1.82) is 0 Å². The molecule has 32 heavy (non-hydrogen) atoms. The van der Waals surface area contributed by atoms with E-state index in [-0.39, 0.29) is 40.5 Å². The summed E-state index contributed by atoms with van der Waals surface area (Å²) in [6.45, 7) is 4.44. The first-order chi connectivity index (χ1) is 15.2. The molecule has 0 radical (unpaired) electrons. The minimum atomic E-state index is -3.63. The highest BCUT2D eigenvalue weighted by atomic mass is 32.2. The number of rotatable bonds is 8. The second-order valence-electron chi connectivity index (χ2n) is 7.50. The molecule has 1 aliphatic heterocycles. The van der Waals surface area contributed by atoms with Gasteiger partial charge in [0.2, 0.25) is 15.9 Å². The summed E-state index contributed by atoms with van der Waals surface area (Å²) in [5.74, 6) is 0.105. The normalized spacial score (nSPS) is 15.9. The average Bonchev–Trinajstić information content (AvgIpc) is 2.80. The smallest absolute Gasteiger partial charge is 0.243 e. The number of piperidine rings is 1. The van der Waals surface area contributed by atoms with Crippen LogP contribution in [0.4, 0.5) is 5.69 Å². The third-order valence-corrected chi connectivity index (χ3v) is 9.12. The van der Waals surface area contributed by atoms with Gasteiger partial charge in [-0.15, -0.1) is 0 Å². The van der Waals surface area contributed by atoms with E-state index < -0.39 is 19.9 Å². The van der Waals surface area contributed by atoms with Gasteiger partial charge in [0.05, 0.1) is 22.2 Å². The van der Waals surface area contributed by atoms with E-state index in [4.69, 9.17) is 4.74 Å². The molecule has 1 amide bonds. The summed E-state index contributed by atoms with van der Waals surface area (Å²) in [5, 5.41) is 2.80. The zero-order chi connectivity index (χ0) is 23.4. The highest BCUT2D eigenvalue weighted by Gasteiger charge is 2.32. The van der Waals surface area contributed by atoms with Crippen molar-refractivity contribution >= 4 is 31.5 Å². The van der Waals surface area contributed by atoms with Crippen LogP contribution in [0.1, 0.15) is 26.7 Å². The molecular formula is C22H28N2O6S2. The van der Waals surface area contributed by atoms with Crippen LogP contribution >= 0.6 is 0 Å². The Balaban J connectivity index is 1.58. The molecule has 174 valence electrons. The number of nitrogens with one attached hydrogen (secondary N) is 1. The Hall–Kier alpha value is -2.43. The molecule has 2 aromatic rings. The lowest BCUT2D eigenvalue weighted by Gasteiger charge is -2.30. The van der Waals surface area contributed by atoms with Gasteiger partial charge < -0.3 is 10.1 Å². The van der Waals surface area contributed by atoms with Crippen LogP contribution in [-0.2, 0) is 24.7 Å². The molecule has 10 heteroatoms. The number of benzene rings is 2. The number of sulfone groups is 1. The van der Waals surface area contributed by atoms with Gasteiger partial charge in [0.25, 0.3) is 0 Å². The molecule has 0 bridgehead atoms. The Morgan fingerprint density at radius 3 is 2.03 bits per heavy atom. The zero-order valence-electron chi connectivity index (χ0n) is 18.2. The molecule has 8 nitrogen and oxygen atoms in total. The van der Waals surface area contributed by atoms with E-state index >= 15 is 0 Å². The molecular weight excluding hydrogens is 452 g/mol. The number of hydrogen-bond donors (Lipinski definition) is 1. The van der Waals surface area contributed by atoms with E-state index in [1.807, 2.05) is 6.92 Å². The highest BCUT2D eigenvalue weighted by molar-refractivity contribution is 7.91. The lowest BCUT2D eigenvalue weighted by atomic mass is 9.97. The van der Waals surface area contributed by atoms with Crippen molar-refractivity contribution < 1.29 is 26.4 Å². The maximum absolute atomic E-state index is 12.9. The van der Waals surface area contributed by atoms with E-state index in [0.29, 0.717) is 30.9 Å². The lowest BCUT2D eigenvalue weighted by molar-refractivity contribution is -0.120. The van der Waals surface area contributed by atoms with E-state index in [9.17, 15) is 21.6 Å². The van der Waals surface area contributed by atoms with Gasteiger partial charge in [-0.05, 0) is 68.3 Å². The Morgan fingerprint density at radius 1 is 0.938 bits per heavy atom. The number of carbonyl (C=O) groups is 1. The monoisotopic (exact) mass is 480 g/mol. The fourth-order valence-corrected chi connectivity index (χ4v) is 5.89. The minimum Gasteiger partial charge on any atom is -0.494 e. The van der Waals surface area contributed by atoms with Gasteiger partial charge >= 0.3 is 0 Å². The number of nitrogens with zero attached hydrogens (tertiary/aromatic N) is 1. The quantitative estimate of drug-likeness (QED) is 0.622. The highest BCUT2D eigenvalue weighted by Crippen LogP contribution is 2.26. The fourth-order valence-electron chi connectivity index (χ4n) is 3.54. The maximum Gasteiger partial charge on any atom is 0.243 e. The van der Waals surface area contributed by atoms with Gasteiger partial charge in [0.1, 0.15) is 5.75 Å². The van der Waals surface area contributed by atoms with Crippen molar-refractivity contribution in [2.75, 3.05) is 30.8 Å². The lowest BCUT2D eigenvalue weighted by Crippen LogP contribution is -2.41. The minimum absolute atomic E-state index is 0.0108. The Morgan fingerprint density at radius 2 is 1.50 bits per heavy atom. The molecule has 3 rings (SSSR count). The van der Waals surface area contributed by atoms with Gasteiger partial charge in [0.15, 0.2) is 9.84 Å². The maximum atomic E-state index is 12.9. The zero-order valence-corrected chi connectivity index (χ0v) is 19.8. The summed E-state index contributed by atoms with van der Waals surface area (Å²) in [6.07, 6.45) is 0.814. The average molecular weight is 481 g/mol. The second kappa shape index (κ2) is 10.0. The molecule has 2 aromatic carbocycles. The first-order valence-electron chi connectivity index (χ1n) is 10.5. The molecule has 1 fully saturated rings. The van der Waals surface area contributed by atoms with Crippen molar-refractivity contribution in [1.82, 2.24) is 4.31 Å². The topological polar surface area (TPSA) is 110 Å². The number of amides is 1. The molecule has 1 N–H and O–H groups in total. The summed E-state index contributed by atoms with van der Waals surface area (Å²) in [6, 6.07) is 12.4. The number of sulfonamides is 1. The summed E-state index contributed by atoms with van der Waals surface area (Å²) in [5.41, 5.74) is 0.509. The predicted octanol–water partition coefficient (Wildman–Crippen LogP) is 2.92. The third kappa shape index (κ3) is 5.48. The van der Waals surface area contributed by atoms with E-state index in [1.165, 1.54) is 28.6 Å². The number of anilines is 1. The molecule has 0 aromatic heterocycles. The Kier molecular flexibility index (Phi) is 7.58. The SMILES string of the molecule is CCOc1ccc(S(=O)(=O)N2CCC(C(=O)Nc3ccc(S(=O)(=O)CC)cc3)CC2)cc1. The number of hydrogen-bond acceptors (Lipinski definition) is 6. The van der Waals surface area contributed by atoms with Crippen molar-refractivity contribution in [3.63, 3.8) is 0 Å². The van der Waals surface area contributed by atoms with Crippen molar-refractivity contribution in [2.45, 2.75) is 36.5 Å². The standard InChI is InChI=1S/C22H28N2O6S2/c1-3-30-19-7-11-21(12-8-19)32(28,29)24-15-13-17(14-16-24)22(25)23-18-5-9-20(10-6-18)31(26,27)4-2/h5-12,17H,3-4,13-16H2,1-2H3,(H,23,25). The first-order valence-corrected chi connectivity index (χ1v) is 13.6. The summed E-state index contributed by atoms with van der Waals surface area (Å²) in [7, 11) is -6.93. The largest absolute Gasteiger partial charge is 0.494 e. The van der Waals surface area contributed by atoms with Crippen LogP contribution in [0.2, 0.25) is 0 Å². The predicted molar refractivity (Wildman–Crippen MR) is 122 cm³/mol. The molecule has 0 aliphatic carbocycles. The van der Waals surface area contributed by atoms with Gasteiger partial charge in [0, 0.05) is 24.7 Å². The second-order valence-corrected chi connectivity index (χ2v) is 11.7. The van der Waals surface area contributed by atoms with Crippen LogP contribution in [-0.4, -0.2) is 52.5 Å². The van der Waals surface area contributed by atoms with Crippen LogP contribution in [0.3, 0.4) is 0 Å². The van der Waals surface area contributed by atoms with Gasteiger partial charge in [-0.25, -0.2) is 16.8 Å². The fraction of sp³-hybridized carbons (Fsp3) is 0.409. The van der Waals surface area contributed by atoms with Crippen molar-refractivity contribution in [2.24, 2.45) is 5.92 Å². The van der Waals surface area contributed by atoms with Crippen LogP contribution in [0.5, 0.6) is 5.75 Å². The van der Waals surface area contributed by atoms with Crippen LogP contribution < -0.4 is 10.1 Å². The third-order valence-electron chi connectivity index (χ3n) is 5.46. The van der Waals surface area contributed by atoms with E-state index in [0.717, 1.165) is 0 Å². The molecule has 1 aliphatic rings. The van der Waals surface area contributed by atoms with Gasteiger partial charge in [-0.2, -0.15) is 4.31 Å². The number of carbonyl (C=O) groups excluding carboxylic acids is 1. The Labute approximate surface area is 189 Å². The van der Waals surface area contributed by atoms with Gasteiger partial charge in [-0.1, -0.05) is 6.92 Å². The summed E-state index contributed by atoms with van der Waals surface area (Å²) in [4.78, 5) is 13.0. The van der Waals surface area contributed by atoms with Crippen molar-refractivity contribution in [3.05, 3.63) is 48.5 Å². The van der Waals surface area contributed by atoms with Crippen LogP contribution in [0.15, 0.2) is 58.3 Å².